The van der Waals surface area contributed by atoms with Gasteiger partial charge in [-0.2, -0.15) is 10.4 Å². The Morgan fingerprint density at radius 2 is 1.88 bits per heavy atom. The summed E-state index contributed by atoms with van der Waals surface area (Å²) in [6, 6.07) is 19.6. The summed E-state index contributed by atoms with van der Waals surface area (Å²) in [4.78, 5) is 5.52. The Balaban J connectivity index is 1.84. The van der Waals surface area contributed by atoms with Gasteiger partial charge in [0.2, 0.25) is 4.80 Å². The first kappa shape index (κ1) is 15.9. The fraction of sp³-hybridized carbons (Fsp3) is 0.105. The Morgan fingerprint density at radius 3 is 2.58 bits per heavy atom. The van der Waals surface area contributed by atoms with Gasteiger partial charge in [-0.3, -0.25) is 4.99 Å². The molecule has 3 rings (SSSR count). The minimum atomic E-state index is 0.632. The molecule has 0 saturated carbocycles. The van der Waals surface area contributed by atoms with Crippen LogP contribution in [0.5, 0.6) is 0 Å². The monoisotopic (exact) mass is 332 g/mol. The summed E-state index contributed by atoms with van der Waals surface area (Å²) < 4.78 is 1.84. The zero-order chi connectivity index (χ0) is 16.8. The number of hydrogen-bond donors (Lipinski definition) is 0. The Bertz CT molecular complexity index is 942. The highest BCUT2D eigenvalue weighted by Crippen LogP contribution is 2.04. The van der Waals surface area contributed by atoms with E-state index < -0.39 is 0 Å². The topological polar surface area (TPSA) is 53.4 Å². The second kappa shape index (κ2) is 7.53. The molecule has 5 heteroatoms. The number of rotatable bonds is 4. The molecular formula is C19H16N4S. The van der Waals surface area contributed by atoms with E-state index in [4.69, 9.17) is 5.26 Å². The number of aryl methyl sites for hydroxylation is 1. The van der Waals surface area contributed by atoms with Crippen molar-refractivity contribution in [3.8, 4) is 6.07 Å². The van der Waals surface area contributed by atoms with Gasteiger partial charge in [0.25, 0.3) is 0 Å². The highest BCUT2D eigenvalue weighted by molar-refractivity contribution is 7.07. The molecule has 0 aliphatic heterocycles. The summed E-state index contributed by atoms with van der Waals surface area (Å²) in [5.41, 5.74) is 3.80. The minimum Gasteiger partial charge on any atom is -0.253 e. The summed E-state index contributed by atoms with van der Waals surface area (Å²) in [6.45, 7) is 2.64. The van der Waals surface area contributed by atoms with Gasteiger partial charge >= 0.3 is 0 Å². The largest absolute Gasteiger partial charge is 0.253 e. The average Bonchev–Trinajstić information content (AvgIpc) is 2.99. The average molecular weight is 332 g/mol. The van der Waals surface area contributed by atoms with E-state index in [2.05, 4.69) is 28.3 Å². The molecule has 0 saturated heterocycles. The molecule has 2 aromatic carbocycles. The summed E-state index contributed by atoms with van der Waals surface area (Å²) in [5.74, 6) is 0. The van der Waals surface area contributed by atoms with Crippen LogP contribution in [0.2, 0.25) is 0 Å². The number of aromatic nitrogens is 1. The Hall–Kier alpha value is -2.97. The number of hydrogen-bond acceptors (Lipinski definition) is 4. The number of benzene rings is 2. The normalized spacial score (nSPS) is 11.8. The first-order valence-electron chi connectivity index (χ1n) is 7.52. The standard InChI is InChI=1S/C19H16N4S/c1-15-14-24-19(21-12-17-5-3-2-4-6-17)23(15)22-13-18-9-7-16(11-20)8-10-18/h2-10,13-14H,12H2,1H3. The summed E-state index contributed by atoms with van der Waals surface area (Å²) in [7, 11) is 0. The molecule has 24 heavy (non-hydrogen) atoms. The molecular weight excluding hydrogens is 316 g/mol. The molecule has 0 unspecified atom stereocenters. The van der Waals surface area contributed by atoms with E-state index >= 15 is 0 Å². The van der Waals surface area contributed by atoms with Gasteiger partial charge in [-0.25, -0.2) is 4.68 Å². The first-order chi connectivity index (χ1) is 11.8. The zero-order valence-electron chi connectivity index (χ0n) is 13.3. The highest BCUT2D eigenvalue weighted by atomic mass is 32.1. The van der Waals surface area contributed by atoms with Crippen molar-refractivity contribution in [3.63, 3.8) is 0 Å². The second-order valence-electron chi connectivity index (χ2n) is 5.25. The Kier molecular flexibility index (Phi) is 4.99. The van der Waals surface area contributed by atoms with Crippen molar-refractivity contribution >= 4 is 17.6 Å². The molecule has 0 spiro atoms. The van der Waals surface area contributed by atoms with Gasteiger partial charge in [0.1, 0.15) is 0 Å². The summed E-state index contributed by atoms with van der Waals surface area (Å²) in [6.07, 6.45) is 1.78. The third kappa shape index (κ3) is 3.86. The number of thiazole rings is 1. The van der Waals surface area contributed by atoms with Crippen LogP contribution < -0.4 is 4.80 Å². The van der Waals surface area contributed by atoms with E-state index in [1.807, 2.05) is 47.3 Å². The van der Waals surface area contributed by atoms with Crippen LogP contribution in [-0.2, 0) is 6.54 Å². The Labute approximate surface area is 144 Å². The van der Waals surface area contributed by atoms with Crippen molar-refractivity contribution in [2.45, 2.75) is 13.5 Å². The van der Waals surface area contributed by atoms with Crippen molar-refractivity contribution in [2.24, 2.45) is 10.1 Å². The predicted octanol–water partition coefficient (Wildman–Crippen LogP) is 3.71. The fourth-order valence-electron chi connectivity index (χ4n) is 2.14. The zero-order valence-corrected chi connectivity index (χ0v) is 14.1. The van der Waals surface area contributed by atoms with Gasteiger partial charge in [-0.15, -0.1) is 11.3 Å². The maximum absolute atomic E-state index is 8.84. The van der Waals surface area contributed by atoms with Crippen molar-refractivity contribution in [1.29, 1.82) is 5.26 Å². The van der Waals surface area contributed by atoms with E-state index in [0.717, 1.165) is 16.1 Å². The SMILES string of the molecule is Cc1csc(=NCc2ccccc2)n1N=Cc1ccc(C#N)cc1. The first-order valence-corrected chi connectivity index (χ1v) is 8.40. The lowest BCUT2D eigenvalue weighted by Crippen LogP contribution is -2.12. The van der Waals surface area contributed by atoms with Crippen molar-refractivity contribution < 1.29 is 0 Å². The third-order valence-corrected chi connectivity index (χ3v) is 4.42. The second-order valence-corrected chi connectivity index (χ2v) is 6.09. The lowest BCUT2D eigenvalue weighted by Gasteiger charge is -1.99. The van der Waals surface area contributed by atoms with Gasteiger partial charge in [0.05, 0.1) is 30.1 Å². The number of nitriles is 1. The van der Waals surface area contributed by atoms with Crippen LogP contribution in [0.1, 0.15) is 22.4 Å². The predicted molar refractivity (Wildman–Crippen MR) is 96.9 cm³/mol. The van der Waals surface area contributed by atoms with E-state index in [-0.39, 0.29) is 0 Å². The number of nitrogens with zero attached hydrogens (tertiary/aromatic N) is 4. The van der Waals surface area contributed by atoms with E-state index in [0.29, 0.717) is 12.1 Å². The van der Waals surface area contributed by atoms with Gasteiger partial charge in [0, 0.05) is 5.38 Å². The maximum Gasteiger partial charge on any atom is 0.206 e. The van der Waals surface area contributed by atoms with Crippen LogP contribution in [0, 0.1) is 18.3 Å². The van der Waals surface area contributed by atoms with E-state index in [9.17, 15) is 0 Å². The lowest BCUT2D eigenvalue weighted by molar-refractivity contribution is 0.787. The molecule has 0 N–H and O–H groups in total. The molecule has 0 aliphatic rings. The molecule has 0 aliphatic carbocycles. The van der Waals surface area contributed by atoms with E-state index in [1.54, 1.807) is 29.7 Å². The summed E-state index contributed by atoms with van der Waals surface area (Å²) in [5, 5.41) is 15.4. The van der Waals surface area contributed by atoms with Gasteiger partial charge < -0.3 is 0 Å². The van der Waals surface area contributed by atoms with Gasteiger partial charge in [0.15, 0.2) is 0 Å². The smallest absolute Gasteiger partial charge is 0.206 e. The van der Waals surface area contributed by atoms with Crippen LogP contribution in [-0.4, -0.2) is 10.9 Å². The maximum atomic E-state index is 8.84. The van der Waals surface area contributed by atoms with Crippen LogP contribution in [0.25, 0.3) is 0 Å². The highest BCUT2D eigenvalue weighted by Gasteiger charge is 1.99. The van der Waals surface area contributed by atoms with E-state index in [1.165, 1.54) is 5.56 Å². The van der Waals surface area contributed by atoms with Crippen molar-refractivity contribution in [2.75, 3.05) is 0 Å². The third-order valence-electron chi connectivity index (χ3n) is 3.45. The fourth-order valence-corrected chi connectivity index (χ4v) is 2.95. The molecule has 3 aromatic rings. The summed E-state index contributed by atoms with van der Waals surface area (Å²) >= 11 is 1.58. The quantitative estimate of drug-likeness (QED) is 0.672. The molecule has 1 aromatic heterocycles. The molecule has 118 valence electrons. The molecule has 0 radical (unpaired) electrons. The van der Waals surface area contributed by atoms with Crippen LogP contribution in [0.15, 0.2) is 70.1 Å². The molecule has 4 nitrogen and oxygen atoms in total. The van der Waals surface area contributed by atoms with Gasteiger partial charge in [-0.1, -0.05) is 42.5 Å². The van der Waals surface area contributed by atoms with Crippen molar-refractivity contribution in [3.05, 3.63) is 87.2 Å². The molecule has 0 amide bonds. The lowest BCUT2D eigenvalue weighted by atomic mass is 10.2. The van der Waals surface area contributed by atoms with Gasteiger partial charge in [-0.05, 0) is 30.2 Å². The van der Waals surface area contributed by atoms with Crippen molar-refractivity contribution in [1.82, 2.24) is 4.68 Å². The van der Waals surface area contributed by atoms with Crippen LogP contribution >= 0.6 is 11.3 Å². The minimum absolute atomic E-state index is 0.632. The molecule has 0 bridgehead atoms. The van der Waals surface area contributed by atoms with Crippen LogP contribution in [0.3, 0.4) is 0 Å². The molecule has 0 fully saturated rings. The Morgan fingerprint density at radius 1 is 1.12 bits per heavy atom. The van der Waals surface area contributed by atoms with Crippen LogP contribution in [0.4, 0.5) is 0 Å². The molecule has 0 atom stereocenters. The molecule has 1 heterocycles.